The Morgan fingerprint density at radius 1 is 1.17 bits per heavy atom. The van der Waals surface area contributed by atoms with E-state index in [4.69, 9.17) is 11.6 Å². The van der Waals surface area contributed by atoms with Gasteiger partial charge in [-0.1, -0.05) is 35.9 Å². The highest BCUT2D eigenvalue weighted by Gasteiger charge is 2.27. The number of fused-ring (bicyclic) bond motifs is 1. The van der Waals surface area contributed by atoms with Crippen molar-refractivity contribution >= 4 is 34.4 Å². The number of nitrogens with one attached hydrogen (secondary N) is 1. The van der Waals surface area contributed by atoms with E-state index in [-0.39, 0.29) is 17.4 Å². The number of piperidine rings is 1. The van der Waals surface area contributed by atoms with Crippen LogP contribution < -0.4 is 15.8 Å². The zero-order chi connectivity index (χ0) is 20.4. The molecule has 1 aliphatic heterocycles. The van der Waals surface area contributed by atoms with Crippen LogP contribution in [0.15, 0.2) is 53.3 Å². The fourth-order valence-corrected chi connectivity index (χ4v) is 4.02. The molecular formula is C22H23ClN4O2. The molecule has 1 fully saturated rings. The van der Waals surface area contributed by atoms with Gasteiger partial charge in [-0.05, 0) is 42.7 Å². The second kappa shape index (κ2) is 8.25. The van der Waals surface area contributed by atoms with E-state index in [1.807, 2.05) is 53.4 Å². The lowest BCUT2D eigenvalue weighted by Gasteiger charge is -2.32. The van der Waals surface area contributed by atoms with Crippen LogP contribution in [-0.4, -0.2) is 28.5 Å². The van der Waals surface area contributed by atoms with Crippen LogP contribution in [-0.2, 0) is 18.4 Å². The molecule has 2 heterocycles. The van der Waals surface area contributed by atoms with E-state index in [0.29, 0.717) is 43.3 Å². The summed E-state index contributed by atoms with van der Waals surface area (Å²) in [7, 11) is 1.77. The Labute approximate surface area is 174 Å². The number of carbonyl (C=O) groups excluding carboxylic acids is 1. The average Bonchev–Trinajstić information content (AvgIpc) is 2.75. The molecule has 4 rings (SSSR count). The lowest BCUT2D eigenvalue weighted by Crippen LogP contribution is -2.43. The minimum Gasteiger partial charge on any atom is -0.352 e. The molecule has 3 aromatic rings. The number of aryl methyl sites for hydroxylation is 1. The predicted octanol–water partition coefficient (Wildman–Crippen LogP) is 3.12. The van der Waals surface area contributed by atoms with Crippen LogP contribution in [0.4, 0.5) is 5.82 Å². The topological polar surface area (TPSA) is 67.2 Å². The summed E-state index contributed by atoms with van der Waals surface area (Å²) in [5.74, 6) is 0.447. The van der Waals surface area contributed by atoms with Crippen molar-refractivity contribution in [3.05, 3.63) is 69.5 Å². The van der Waals surface area contributed by atoms with Gasteiger partial charge in [-0.2, -0.15) is 0 Å². The van der Waals surface area contributed by atoms with E-state index < -0.39 is 0 Å². The monoisotopic (exact) mass is 410 g/mol. The Kier molecular flexibility index (Phi) is 5.53. The Morgan fingerprint density at radius 3 is 2.69 bits per heavy atom. The largest absolute Gasteiger partial charge is 0.352 e. The number of anilines is 1. The molecule has 29 heavy (non-hydrogen) atoms. The lowest BCUT2D eigenvalue weighted by molar-refractivity contribution is -0.125. The lowest BCUT2D eigenvalue weighted by atomic mass is 9.96. The third kappa shape index (κ3) is 4.12. The molecule has 0 saturated carbocycles. The number of benzene rings is 2. The molecule has 0 bridgehead atoms. The first-order chi connectivity index (χ1) is 14.0. The number of amides is 1. The maximum Gasteiger partial charge on any atom is 0.293 e. The first kappa shape index (κ1) is 19.5. The molecule has 0 unspecified atom stereocenters. The summed E-state index contributed by atoms with van der Waals surface area (Å²) in [6.07, 6.45) is 1.39. The fourth-order valence-electron chi connectivity index (χ4n) is 3.80. The second-order valence-corrected chi connectivity index (χ2v) is 7.83. The molecule has 1 aliphatic rings. The maximum absolute atomic E-state index is 12.8. The van der Waals surface area contributed by atoms with Crippen molar-refractivity contribution in [1.82, 2.24) is 14.9 Å². The van der Waals surface area contributed by atoms with E-state index in [1.54, 1.807) is 11.6 Å². The van der Waals surface area contributed by atoms with Gasteiger partial charge < -0.3 is 14.8 Å². The van der Waals surface area contributed by atoms with E-state index in [2.05, 4.69) is 10.3 Å². The zero-order valence-electron chi connectivity index (χ0n) is 16.3. The molecule has 1 N–H and O–H groups in total. The summed E-state index contributed by atoms with van der Waals surface area (Å²) in [6, 6.07) is 15.1. The predicted molar refractivity (Wildman–Crippen MR) is 115 cm³/mol. The van der Waals surface area contributed by atoms with E-state index in [0.717, 1.165) is 16.6 Å². The average molecular weight is 411 g/mol. The van der Waals surface area contributed by atoms with Gasteiger partial charge in [0.1, 0.15) is 0 Å². The summed E-state index contributed by atoms with van der Waals surface area (Å²) in [5, 5.41) is 3.66. The molecule has 0 spiro atoms. The first-order valence-corrected chi connectivity index (χ1v) is 10.1. The molecule has 1 aromatic heterocycles. The minimum absolute atomic E-state index is 0.0454. The molecule has 0 aliphatic carbocycles. The van der Waals surface area contributed by atoms with Gasteiger partial charge in [0.2, 0.25) is 5.91 Å². The Bertz CT molecular complexity index is 1100. The van der Waals surface area contributed by atoms with E-state index >= 15 is 0 Å². The van der Waals surface area contributed by atoms with Crippen LogP contribution in [0.5, 0.6) is 0 Å². The normalized spacial score (nSPS) is 14.9. The number of aromatic nitrogens is 2. The summed E-state index contributed by atoms with van der Waals surface area (Å²) >= 11 is 5.99. The van der Waals surface area contributed by atoms with Crippen LogP contribution in [0, 0.1) is 5.92 Å². The van der Waals surface area contributed by atoms with Crippen molar-refractivity contribution in [3.8, 4) is 0 Å². The number of halogens is 1. The summed E-state index contributed by atoms with van der Waals surface area (Å²) in [4.78, 5) is 31.9. The van der Waals surface area contributed by atoms with Gasteiger partial charge in [0.05, 0.1) is 11.0 Å². The van der Waals surface area contributed by atoms with Gasteiger partial charge in [0.15, 0.2) is 5.82 Å². The van der Waals surface area contributed by atoms with Crippen LogP contribution >= 0.6 is 11.6 Å². The highest BCUT2D eigenvalue weighted by Crippen LogP contribution is 2.22. The molecule has 6 nitrogen and oxygen atoms in total. The fraction of sp³-hybridized carbons (Fsp3) is 0.318. The first-order valence-electron chi connectivity index (χ1n) is 9.76. The molecule has 0 radical (unpaired) electrons. The molecule has 2 aromatic carbocycles. The molecule has 7 heteroatoms. The number of para-hydroxylation sites is 2. The summed E-state index contributed by atoms with van der Waals surface area (Å²) < 4.78 is 1.64. The maximum atomic E-state index is 12.8. The Balaban J connectivity index is 1.40. The van der Waals surface area contributed by atoms with Gasteiger partial charge in [-0.3, -0.25) is 9.59 Å². The van der Waals surface area contributed by atoms with Crippen LogP contribution in [0.2, 0.25) is 5.02 Å². The number of nitrogens with zero attached hydrogens (tertiary/aromatic N) is 3. The van der Waals surface area contributed by atoms with Crippen molar-refractivity contribution in [1.29, 1.82) is 0 Å². The van der Waals surface area contributed by atoms with E-state index in [1.165, 1.54) is 0 Å². The number of hydrogen-bond acceptors (Lipinski definition) is 4. The quantitative estimate of drug-likeness (QED) is 0.717. The van der Waals surface area contributed by atoms with Crippen molar-refractivity contribution in [2.24, 2.45) is 13.0 Å². The number of hydrogen-bond donors (Lipinski definition) is 1. The van der Waals surface area contributed by atoms with Gasteiger partial charge in [0.25, 0.3) is 5.56 Å². The van der Waals surface area contributed by atoms with Gasteiger partial charge >= 0.3 is 0 Å². The highest BCUT2D eigenvalue weighted by molar-refractivity contribution is 6.30. The number of rotatable bonds is 4. The number of carbonyl (C=O) groups is 1. The van der Waals surface area contributed by atoms with Gasteiger partial charge in [-0.25, -0.2) is 4.98 Å². The Morgan fingerprint density at radius 2 is 1.93 bits per heavy atom. The summed E-state index contributed by atoms with van der Waals surface area (Å²) in [6.45, 7) is 1.73. The van der Waals surface area contributed by atoms with Crippen LogP contribution in [0.1, 0.15) is 18.4 Å². The molecule has 150 valence electrons. The smallest absolute Gasteiger partial charge is 0.293 e. The van der Waals surface area contributed by atoms with Crippen molar-refractivity contribution < 1.29 is 4.79 Å². The van der Waals surface area contributed by atoms with Crippen molar-refractivity contribution in [2.75, 3.05) is 18.0 Å². The molecule has 0 atom stereocenters. The van der Waals surface area contributed by atoms with Crippen LogP contribution in [0.25, 0.3) is 11.0 Å². The highest BCUT2D eigenvalue weighted by atomic mass is 35.5. The van der Waals surface area contributed by atoms with E-state index in [9.17, 15) is 9.59 Å². The molecule has 1 saturated heterocycles. The van der Waals surface area contributed by atoms with Crippen molar-refractivity contribution in [2.45, 2.75) is 19.4 Å². The third-order valence-corrected chi connectivity index (χ3v) is 5.72. The standard InChI is InChI=1S/C22H23ClN4O2/c1-26-19-8-3-2-7-18(19)25-20(22(26)29)27-11-9-16(10-12-27)21(28)24-14-15-5-4-6-17(23)13-15/h2-8,13,16H,9-12,14H2,1H3,(H,24,28). The zero-order valence-corrected chi connectivity index (χ0v) is 17.0. The summed E-state index contributed by atoms with van der Waals surface area (Å²) in [5.41, 5.74) is 2.49. The molecule has 1 amide bonds. The SMILES string of the molecule is Cn1c(=O)c(N2CCC(C(=O)NCc3cccc(Cl)c3)CC2)nc2ccccc21. The molecular weight excluding hydrogens is 388 g/mol. The second-order valence-electron chi connectivity index (χ2n) is 7.40. The Hall–Kier alpha value is -2.86. The minimum atomic E-state index is -0.104. The third-order valence-electron chi connectivity index (χ3n) is 5.49. The van der Waals surface area contributed by atoms with Crippen molar-refractivity contribution in [3.63, 3.8) is 0 Å². The van der Waals surface area contributed by atoms with Gasteiger partial charge in [0, 0.05) is 37.6 Å². The van der Waals surface area contributed by atoms with Gasteiger partial charge in [-0.15, -0.1) is 0 Å². The van der Waals surface area contributed by atoms with Crippen LogP contribution in [0.3, 0.4) is 0 Å².